The number of nitrogens with zero attached hydrogens (tertiary/aromatic N) is 4. The van der Waals surface area contributed by atoms with Crippen molar-refractivity contribution >= 4 is 50.7 Å². The highest BCUT2D eigenvalue weighted by Crippen LogP contribution is 2.34. The molecule has 2 aromatic rings. The van der Waals surface area contributed by atoms with Crippen LogP contribution in [0.15, 0.2) is 22.9 Å². The van der Waals surface area contributed by atoms with Gasteiger partial charge in [-0.1, -0.05) is 0 Å². The van der Waals surface area contributed by atoms with E-state index in [9.17, 15) is 14.4 Å². The van der Waals surface area contributed by atoms with Crippen LogP contribution >= 0.6 is 15.9 Å². The van der Waals surface area contributed by atoms with Gasteiger partial charge >= 0.3 is 12.1 Å². The molecule has 2 saturated heterocycles. The van der Waals surface area contributed by atoms with E-state index in [1.54, 1.807) is 11.1 Å². The molecular weight excluding hydrogens is 466 g/mol. The number of carbonyl (C=O) groups is 3. The highest BCUT2D eigenvalue weighted by atomic mass is 79.9. The molecule has 0 unspecified atom stereocenters. The molecule has 1 N–H and O–H groups in total. The Bertz CT molecular complexity index is 1040. The lowest BCUT2D eigenvalue weighted by Crippen LogP contribution is -2.49. The lowest BCUT2D eigenvalue weighted by atomic mass is 10.1. The Morgan fingerprint density at radius 2 is 1.94 bits per heavy atom. The number of imide groups is 1. The van der Waals surface area contributed by atoms with E-state index in [0.717, 1.165) is 28.3 Å². The summed E-state index contributed by atoms with van der Waals surface area (Å²) in [5.74, 6) is -0.264. The van der Waals surface area contributed by atoms with E-state index < -0.39 is 11.6 Å². The number of anilines is 1. The second kappa shape index (κ2) is 8.14. The third-order valence-corrected chi connectivity index (χ3v) is 6.11. The van der Waals surface area contributed by atoms with Crippen LogP contribution in [0.4, 0.5) is 15.3 Å². The maximum absolute atomic E-state index is 12.3. The Labute approximate surface area is 188 Å². The van der Waals surface area contributed by atoms with Gasteiger partial charge in [-0.2, -0.15) is 0 Å². The monoisotopic (exact) mass is 491 g/mol. The maximum Gasteiger partial charge on any atom is 0.410 e. The normalized spacial score (nSPS) is 18.5. The summed E-state index contributed by atoms with van der Waals surface area (Å²) in [6, 6.07) is 1.69. The molecule has 2 fully saturated rings. The molecular formula is C21H26BrN5O4. The van der Waals surface area contributed by atoms with Crippen LogP contribution in [0, 0.1) is 0 Å². The number of nitrogens with one attached hydrogen (secondary N) is 1. The van der Waals surface area contributed by atoms with Crippen molar-refractivity contribution < 1.29 is 19.1 Å². The summed E-state index contributed by atoms with van der Waals surface area (Å²) in [5, 5.41) is 3.24. The van der Waals surface area contributed by atoms with Crippen LogP contribution in [0.3, 0.4) is 0 Å². The minimum absolute atomic E-state index is 0.210. The van der Waals surface area contributed by atoms with Gasteiger partial charge in [0.15, 0.2) is 0 Å². The third kappa shape index (κ3) is 4.53. The van der Waals surface area contributed by atoms with E-state index in [0.29, 0.717) is 25.3 Å². The number of hydrogen-bond donors (Lipinski definition) is 1. The predicted molar refractivity (Wildman–Crippen MR) is 119 cm³/mol. The molecule has 2 aliphatic rings. The number of pyridine rings is 1. The van der Waals surface area contributed by atoms with E-state index >= 15 is 0 Å². The fourth-order valence-corrected chi connectivity index (χ4v) is 4.48. The molecule has 2 aromatic heterocycles. The number of halogens is 1. The van der Waals surface area contributed by atoms with Crippen LogP contribution in [0.2, 0.25) is 0 Å². The van der Waals surface area contributed by atoms with Crippen molar-refractivity contribution in [2.24, 2.45) is 0 Å². The molecule has 31 heavy (non-hydrogen) atoms. The van der Waals surface area contributed by atoms with Crippen LogP contribution in [-0.4, -0.2) is 57.7 Å². The molecule has 4 heterocycles. The van der Waals surface area contributed by atoms with Gasteiger partial charge in [0.25, 0.3) is 0 Å². The number of rotatable bonds is 2. The number of urea groups is 1. The lowest BCUT2D eigenvalue weighted by Gasteiger charge is -2.34. The zero-order valence-electron chi connectivity index (χ0n) is 17.9. The first-order valence-corrected chi connectivity index (χ1v) is 11.2. The average molecular weight is 492 g/mol. The van der Waals surface area contributed by atoms with Gasteiger partial charge in [-0.15, -0.1) is 0 Å². The quantitative estimate of drug-likeness (QED) is 0.688. The van der Waals surface area contributed by atoms with Gasteiger partial charge in [0, 0.05) is 48.2 Å². The highest BCUT2D eigenvalue weighted by molar-refractivity contribution is 9.10. The van der Waals surface area contributed by atoms with Crippen LogP contribution in [-0.2, 0) is 9.53 Å². The van der Waals surface area contributed by atoms with Crippen molar-refractivity contribution in [1.29, 1.82) is 0 Å². The van der Waals surface area contributed by atoms with Gasteiger partial charge in [0.2, 0.25) is 5.91 Å². The molecule has 10 heteroatoms. The summed E-state index contributed by atoms with van der Waals surface area (Å²) in [7, 11) is 0. The summed E-state index contributed by atoms with van der Waals surface area (Å²) in [6.45, 7) is 7.18. The van der Waals surface area contributed by atoms with E-state index in [2.05, 4.69) is 30.8 Å². The molecule has 0 bridgehead atoms. The first-order chi connectivity index (χ1) is 14.6. The van der Waals surface area contributed by atoms with Crippen LogP contribution in [0.25, 0.3) is 11.0 Å². The zero-order valence-corrected chi connectivity index (χ0v) is 19.4. The maximum atomic E-state index is 12.3. The van der Waals surface area contributed by atoms with Gasteiger partial charge in [-0.3, -0.25) is 15.0 Å². The Balaban J connectivity index is 1.50. The Morgan fingerprint density at radius 1 is 1.23 bits per heavy atom. The molecule has 0 aromatic carbocycles. The molecule has 2 aliphatic heterocycles. The van der Waals surface area contributed by atoms with Gasteiger partial charge in [0.05, 0.1) is 11.9 Å². The number of carbonyl (C=O) groups excluding carboxylic acids is 3. The van der Waals surface area contributed by atoms with Crippen molar-refractivity contribution in [1.82, 2.24) is 19.8 Å². The Kier molecular flexibility index (Phi) is 5.67. The Morgan fingerprint density at radius 3 is 2.58 bits per heavy atom. The molecule has 0 aliphatic carbocycles. The fraction of sp³-hybridized carbons (Fsp3) is 0.524. The average Bonchev–Trinajstić information content (AvgIpc) is 3.03. The Hall–Kier alpha value is -2.62. The summed E-state index contributed by atoms with van der Waals surface area (Å²) < 4.78 is 8.50. The van der Waals surface area contributed by atoms with Crippen molar-refractivity contribution in [2.75, 3.05) is 24.5 Å². The van der Waals surface area contributed by atoms with Crippen molar-refractivity contribution in [3.63, 3.8) is 0 Å². The SMILES string of the molecule is CC(C)(C)OC(=O)N1CCC(n2cc(Br)c3cc(N4CCC(=O)NC4=O)cnc32)CC1. The number of hydrogen-bond acceptors (Lipinski definition) is 5. The van der Waals surface area contributed by atoms with Crippen LogP contribution in [0.1, 0.15) is 46.1 Å². The van der Waals surface area contributed by atoms with E-state index in [1.165, 1.54) is 4.90 Å². The summed E-state index contributed by atoms with van der Waals surface area (Å²) in [5.41, 5.74) is 0.964. The molecule has 0 radical (unpaired) electrons. The van der Waals surface area contributed by atoms with E-state index in [1.807, 2.05) is 33.0 Å². The molecule has 0 saturated carbocycles. The standard InChI is InChI=1S/C21H26BrN5O4/c1-21(2,3)31-20(30)25-7-4-13(5-8-25)27-12-16(22)15-10-14(11-23-18(15)27)26-9-6-17(28)24-19(26)29/h10-13H,4-9H2,1-3H3,(H,24,28,29). The van der Waals surface area contributed by atoms with Crippen LogP contribution < -0.4 is 10.2 Å². The second-order valence-electron chi connectivity index (χ2n) is 8.90. The molecule has 4 amide bonds. The smallest absolute Gasteiger partial charge is 0.410 e. The number of ether oxygens (including phenoxy) is 1. The number of fused-ring (bicyclic) bond motifs is 1. The first-order valence-electron chi connectivity index (χ1n) is 10.4. The topological polar surface area (TPSA) is 96.8 Å². The zero-order chi connectivity index (χ0) is 22.3. The van der Waals surface area contributed by atoms with Gasteiger partial charge in [-0.25, -0.2) is 14.6 Å². The molecule has 0 spiro atoms. The summed E-state index contributed by atoms with van der Waals surface area (Å²) in [4.78, 5) is 43.8. The molecule has 0 atom stereocenters. The molecule has 4 rings (SSSR count). The van der Waals surface area contributed by atoms with Gasteiger partial charge in [-0.05, 0) is 55.6 Å². The number of piperidine rings is 1. The number of likely N-dealkylation sites (tertiary alicyclic amines) is 1. The predicted octanol–water partition coefficient (Wildman–Crippen LogP) is 3.82. The highest BCUT2D eigenvalue weighted by Gasteiger charge is 2.29. The fourth-order valence-electron chi connectivity index (χ4n) is 3.97. The van der Waals surface area contributed by atoms with E-state index in [-0.39, 0.29) is 24.5 Å². The first kappa shape index (κ1) is 21.6. The minimum atomic E-state index is -0.504. The lowest BCUT2D eigenvalue weighted by molar-refractivity contribution is -0.120. The molecule has 166 valence electrons. The van der Waals surface area contributed by atoms with Crippen LogP contribution in [0.5, 0.6) is 0 Å². The van der Waals surface area contributed by atoms with Crippen molar-refractivity contribution in [2.45, 2.75) is 51.7 Å². The number of aromatic nitrogens is 2. The van der Waals surface area contributed by atoms with Gasteiger partial charge < -0.3 is 14.2 Å². The number of amides is 4. The van der Waals surface area contributed by atoms with Crippen molar-refractivity contribution in [3.05, 3.63) is 22.9 Å². The summed E-state index contributed by atoms with van der Waals surface area (Å²) >= 11 is 3.62. The second-order valence-corrected chi connectivity index (χ2v) is 9.76. The van der Waals surface area contributed by atoms with Gasteiger partial charge in [0.1, 0.15) is 11.2 Å². The largest absolute Gasteiger partial charge is 0.444 e. The minimum Gasteiger partial charge on any atom is -0.444 e. The molecule has 9 nitrogen and oxygen atoms in total. The third-order valence-electron chi connectivity index (χ3n) is 5.48. The summed E-state index contributed by atoms with van der Waals surface area (Å²) in [6.07, 6.45) is 5.27. The van der Waals surface area contributed by atoms with E-state index in [4.69, 9.17) is 4.74 Å². The van der Waals surface area contributed by atoms with Crippen molar-refractivity contribution in [3.8, 4) is 0 Å².